The third-order valence-corrected chi connectivity index (χ3v) is 4.95. The average molecular weight is 410 g/mol. The average Bonchev–Trinajstić information content (AvgIpc) is 3.17. The SMILES string of the molecule is Cc1ccc(C(N)C(=O)NCC(c2ccccc2)N2CCCC2)cc1.Cl.Cl. The third-order valence-electron chi connectivity index (χ3n) is 4.95. The summed E-state index contributed by atoms with van der Waals surface area (Å²) in [5.41, 5.74) is 9.39. The molecule has 0 saturated carbocycles. The van der Waals surface area contributed by atoms with Crippen molar-refractivity contribution in [2.75, 3.05) is 19.6 Å². The molecule has 6 heteroatoms. The highest BCUT2D eigenvalue weighted by Crippen LogP contribution is 2.24. The molecule has 1 saturated heterocycles. The minimum absolute atomic E-state index is 0. The highest BCUT2D eigenvalue weighted by atomic mass is 35.5. The number of hydrogen-bond acceptors (Lipinski definition) is 3. The van der Waals surface area contributed by atoms with Gasteiger partial charge in [-0.1, -0.05) is 60.2 Å². The van der Waals surface area contributed by atoms with Crippen molar-refractivity contribution in [3.63, 3.8) is 0 Å². The summed E-state index contributed by atoms with van der Waals surface area (Å²) in [6.07, 6.45) is 2.44. The van der Waals surface area contributed by atoms with Crippen molar-refractivity contribution in [3.8, 4) is 0 Å². The summed E-state index contributed by atoms with van der Waals surface area (Å²) in [6, 6.07) is 17.8. The van der Waals surface area contributed by atoms with E-state index in [-0.39, 0.29) is 36.8 Å². The predicted octanol–water partition coefficient (Wildman–Crippen LogP) is 3.79. The van der Waals surface area contributed by atoms with Crippen molar-refractivity contribution in [2.45, 2.75) is 31.8 Å². The van der Waals surface area contributed by atoms with Crippen molar-refractivity contribution in [3.05, 3.63) is 71.3 Å². The summed E-state index contributed by atoms with van der Waals surface area (Å²) in [6.45, 7) is 4.77. The summed E-state index contributed by atoms with van der Waals surface area (Å²) in [4.78, 5) is 15.0. The van der Waals surface area contributed by atoms with Crippen LogP contribution >= 0.6 is 24.8 Å². The molecule has 3 rings (SSSR count). The monoisotopic (exact) mass is 409 g/mol. The fraction of sp³-hybridized carbons (Fsp3) is 0.381. The van der Waals surface area contributed by atoms with Gasteiger partial charge in [-0.15, -0.1) is 24.8 Å². The van der Waals surface area contributed by atoms with Gasteiger partial charge in [0.05, 0.1) is 6.04 Å². The Hall–Kier alpha value is -1.59. The van der Waals surface area contributed by atoms with E-state index in [1.54, 1.807) is 0 Å². The van der Waals surface area contributed by atoms with Gasteiger partial charge >= 0.3 is 0 Å². The quantitative estimate of drug-likeness (QED) is 0.762. The van der Waals surface area contributed by atoms with Crippen LogP contribution in [0.1, 0.15) is 41.6 Å². The van der Waals surface area contributed by atoms with Crippen molar-refractivity contribution >= 4 is 30.7 Å². The maximum Gasteiger partial charge on any atom is 0.241 e. The molecule has 27 heavy (non-hydrogen) atoms. The summed E-state index contributed by atoms with van der Waals surface area (Å²) < 4.78 is 0. The lowest BCUT2D eigenvalue weighted by Gasteiger charge is -2.28. The largest absolute Gasteiger partial charge is 0.353 e. The van der Waals surface area contributed by atoms with Crippen molar-refractivity contribution in [2.24, 2.45) is 5.73 Å². The molecule has 0 aromatic heterocycles. The number of likely N-dealkylation sites (tertiary alicyclic amines) is 1. The number of benzene rings is 2. The van der Waals surface area contributed by atoms with Crippen molar-refractivity contribution < 1.29 is 4.79 Å². The molecule has 4 nitrogen and oxygen atoms in total. The van der Waals surface area contributed by atoms with E-state index in [1.165, 1.54) is 18.4 Å². The molecule has 3 N–H and O–H groups in total. The van der Waals surface area contributed by atoms with Gasteiger partial charge in [-0.3, -0.25) is 9.69 Å². The molecule has 1 fully saturated rings. The van der Waals surface area contributed by atoms with E-state index < -0.39 is 6.04 Å². The Kier molecular flexibility index (Phi) is 9.81. The molecule has 1 aliphatic rings. The molecule has 2 atom stereocenters. The van der Waals surface area contributed by atoms with Crippen LogP contribution in [-0.2, 0) is 4.79 Å². The first kappa shape index (κ1) is 23.4. The zero-order valence-corrected chi connectivity index (χ0v) is 17.3. The first-order chi connectivity index (χ1) is 12.1. The third kappa shape index (κ3) is 6.22. The Balaban J connectivity index is 0.00000182. The Bertz CT molecular complexity index is 688. The Morgan fingerprint density at radius 2 is 1.59 bits per heavy atom. The van der Waals surface area contributed by atoms with Gasteiger partial charge in [0, 0.05) is 6.54 Å². The topological polar surface area (TPSA) is 58.4 Å². The normalized spacial score (nSPS) is 15.9. The number of carbonyl (C=O) groups excluding carboxylic acids is 1. The molecule has 148 valence electrons. The van der Waals surface area contributed by atoms with E-state index in [9.17, 15) is 4.79 Å². The number of rotatable bonds is 6. The van der Waals surface area contributed by atoms with Gasteiger partial charge in [-0.25, -0.2) is 0 Å². The number of amides is 1. The van der Waals surface area contributed by atoms with E-state index in [2.05, 4.69) is 34.5 Å². The standard InChI is InChI=1S/C21H27N3O.2ClH/c1-16-9-11-18(12-10-16)20(22)21(25)23-15-19(24-13-5-6-14-24)17-7-3-2-4-8-17;;/h2-4,7-12,19-20H,5-6,13-15,22H2,1H3,(H,23,25);2*1H. The minimum atomic E-state index is -0.629. The summed E-state index contributed by atoms with van der Waals surface area (Å²) >= 11 is 0. The zero-order chi connectivity index (χ0) is 17.6. The molecule has 2 aromatic rings. The number of halogens is 2. The fourth-order valence-electron chi connectivity index (χ4n) is 3.42. The number of hydrogen-bond donors (Lipinski definition) is 2. The minimum Gasteiger partial charge on any atom is -0.353 e. The van der Waals surface area contributed by atoms with Gasteiger partial charge < -0.3 is 11.1 Å². The van der Waals surface area contributed by atoms with E-state index in [4.69, 9.17) is 5.73 Å². The van der Waals surface area contributed by atoms with Crippen LogP contribution in [0.15, 0.2) is 54.6 Å². The van der Waals surface area contributed by atoms with Crippen molar-refractivity contribution in [1.82, 2.24) is 10.2 Å². The van der Waals surface area contributed by atoms with E-state index in [0.29, 0.717) is 6.54 Å². The lowest BCUT2D eigenvalue weighted by molar-refractivity contribution is -0.122. The van der Waals surface area contributed by atoms with Gasteiger partial charge in [0.15, 0.2) is 0 Å². The summed E-state index contributed by atoms with van der Waals surface area (Å²) in [7, 11) is 0. The molecule has 1 heterocycles. The molecular weight excluding hydrogens is 381 g/mol. The van der Waals surface area contributed by atoms with E-state index >= 15 is 0 Å². The molecule has 0 bridgehead atoms. The molecule has 2 unspecified atom stereocenters. The van der Waals surface area contributed by atoms with Crippen molar-refractivity contribution in [1.29, 1.82) is 0 Å². The first-order valence-corrected chi connectivity index (χ1v) is 9.04. The maximum atomic E-state index is 12.5. The van der Waals surface area contributed by atoms with Gasteiger partial charge in [0.1, 0.15) is 6.04 Å². The molecule has 0 aliphatic carbocycles. The second-order valence-electron chi connectivity index (χ2n) is 6.80. The Morgan fingerprint density at radius 3 is 2.19 bits per heavy atom. The highest BCUT2D eigenvalue weighted by molar-refractivity contribution is 5.85. The molecule has 1 aliphatic heterocycles. The number of nitrogens with two attached hydrogens (primary N) is 1. The Labute approximate surface area is 174 Å². The van der Waals surface area contributed by atoms with Crippen LogP contribution in [0.2, 0.25) is 0 Å². The van der Waals surface area contributed by atoms with Gasteiger partial charge in [0.25, 0.3) is 0 Å². The number of aryl methyl sites for hydroxylation is 1. The van der Waals surface area contributed by atoms with Crippen LogP contribution in [0.5, 0.6) is 0 Å². The maximum absolute atomic E-state index is 12.5. The molecule has 0 spiro atoms. The molecule has 0 radical (unpaired) electrons. The van der Waals surface area contributed by atoms with E-state index in [0.717, 1.165) is 24.2 Å². The van der Waals surface area contributed by atoms with Crippen LogP contribution in [0.4, 0.5) is 0 Å². The molecule has 1 amide bonds. The Morgan fingerprint density at radius 1 is 1.00 bits per heavy atom. The highest BCUT2D eigenvalue weighted by Gasteiger charge is 2.25. The summed E-state index contributed by atoms with van der Waals surface area (Å²) in [5, 5.41) is 3.07. The summed E-state index contributed by atoms with van der Waals surface area (Å²) in [5.74, 6) is -0.121. The van der Waals surface area contributed by atoms with Crippen LogP contribution in [-0.4, -0.2) is 30.4 Å². The van der Waals surface area contributed by atoms with Crippen LogP contribution in [0.3, 0.4) is 0 Å². The lowest BCUT2D eigenvalue weighted by atomic mass is 10.0. The zero-order valence-electron chi connectivity index (χ0n) is 15.6. The smallest absolute Gasteiger partial charge is 0.241 e. The van der Waals surface area contributed by atoms with Crippen LogP contribution < -0.4 is 11.1 Å². The lowest BCUT2D eigenvalue weighted by Crippen LogP contribution is -2.40. The first-order valence-electron chi connectivity index (χ1n) is 9.04. The van der Waals surface area contributed by atoms with Gasteiger partial charge in [-0.2, -0.15) is 0 Å². The number of nitrogens with zero attached hydrogens (tertiary/aromatic N) is 1. The van der Waals surface area contributed by atoms with Crippen LogP contribution in [0.25, 0.3) is 0 Å². The number of nitrogens with one attached hydrogen (secondary N) is 1. The second-order valence-corrected chi connectivity index (χ2v) is 6.80. The molecule has 2 aromatic carbocycles. The van der Waals surface area contributed by atoms with Gasteiger partial charge in [0.2, 0.25) is 5.91 Å². The van der Waals surface area contributed by atoms with E-state index in [1.807, 2.05) is 37.3 Å². The van der Waals surface area contributed by atoms with Gasteiger partial charge in [-0.05, 0) is 44.0 Å². The van der Waals surface area contributed by atoms with Crippen LogP contribution in [0, 0.1) is 6.92 Å². The fourth-order valence-corrected chi connectivity index (χ4v) is 3.42. The molecular formula is C21H29Cl2N3O. The predicted molar refractivity (Wildman–Crippen MR) is 116 cm³/mol. The second kappa shape index (κ2) is 11.3. The number of carbonyl (C=O) groups is 1.